The van der Waals surface area contributed by atoms with Gasteiger partial charge in [-0.15, -0.1) is 0 Å². The fourth-order valence-electron chi connectivity index (χ4n) is 2.77. The van der Waals surface area contributed by atoms with Crippen LogP contribution in [-0.4, -0.2) is 65.0 Å². The molecule has 1 amide bonds. The number of ether oxygens (including phenoxy) is 1. The smallest absolute Gasteiger partial charge is 0.254 e. The Morgan fingerprint density at radius 2 is 2.17 bits per heavy atom. The van der Waals surface area contributed by atoms with Crippen LogP contribution in [0, 0.1) is 6.92 Å². The van der Waals surface area contributed by atoms with Crippen LogP contribution >= 0.6 is 0 Å². The van der Waals surface area contributed by atoms with E-state index in [-0.39, 0.29) is 5.91 Å². The summed E-state index contributed by atoms with van der Waals surface area (Å²) in [6.07, 6.45) is 4.24. The SMILES string of the molecule is Cc1c(C(=O)NCCCN2CCOCC2)cnn1-c1ccccn1. The van der Waals surface area contributed by atoms with Crippen molar-refractivity contribution < 1.29 is 9.53 Å². The zero-order valence-electron chi connectivity index (χ0n) is 13.9. The Balaban J connectivity index is 1.51. The van der Waals surface area contributed by atoms with Gasteiger partial charge in [-0.2, -0.15) is 5.10 Å². The van der Waals surface area contributed by atoms with Crippen molar-refractivity contribution in [3.8, 4) is 5.82 Å². The lowest BCUT2D eigenvalue weighted by molar-refractivity contribution is 0.0374. The molecule has 0 bridgehead atoms. The van der Waals surface area contributed by atoms with E-state index >= 15 is 0 Å². The van der Waals surface area contributed by atoms with Crippen molar-refractivity contribution in [2.24, 2.45) is 0 Å². The molecular formula is C17H23N5O2. The van der Waals surface area contributed by atoms with Gasteiger partial charge < -0.3 is 10.1 Å². The fraction of sp³-hybridized carbons (Fsp3) is 0.471. The molecule has 3 heterocycles. The van der Waals surface area contributed by atoms with Crippen LogP contribution in [0.25, 0.3) is 5.82 Å². The van der Waals surface area contributed by atoms with Crippen LogP contribution in [0.5, 0.6) is 0 Å². The van der Waals surface area contributed by atoms with Gasteiger partial charge in [0, 0.05) is 25.8 Å². The number of nitrogens with zero attached hydrogens (tertiary/aromatic N) is 4. The number of morpholine rings is 1. The minimum Gasteiger partial charge on any atom is -0.379 e. The molecule has 128 valence electrons. The second-order valence-electron chi connectivity index (χ2n) is 5.81. The highest BCUT2D eigenvalue weighted by atomic mass is 16.5. The van der Waals surface area contributed by atoms with Crippen LogP contribution in [0.4, 0.5) is 0 Å². The third-order valence-corrected chi connectivity index (χ3v) is 4.16. The van der Waals surface area contributed by atoms with Crippen LogP contribution in [0.15, 0.2) is 30.6 Å². The standard InChI is InChI=1S/C17H23N5O2/c1-14-15(13-20-22(14)16-5-2-3-6-18-16)17(23)19-7-4-8-21-9-11-24-12-10-21/h2-3,5-6,13H,4,7-12H2,1H3,(H,19,23). The van der Waals surface area contributed by atoms with Gasteiger partial charge in [0.25, 0.3) is 5.91 Å². The van der Waals surface area contributed by atoms with E-state index in [0.29, 0.717) is 17.9 Å². The topological polar surface area (TPSA) is 72.3 Å². The van der Waals surface area contributed by atoms with E-state index in [2.05, 4.69) is 20.3 Å². The van der Waals surface area contributed by atoms with E-state index in [1.165, 1.54) is 0 Å². The van der Waals surface area contributed by atoms with Crippen molar-refractivity contribution >= 4 is 5.91 Å². The summed E-state index contributed by atoms with van der Waals surface area (Å²) in [7, 11) is 0. The third-order valence-electron chi connectivity index (χ3n) is 4.16. The Morgan fingerprint density at radius 3 is 2.92 bits per heavy atom. The molecule has 1 aliphatic heterocycles. The highest BCUT2D eigenvalue weighted by Crippen LogP contribution is 2.12. The van der Waals surface area contributed by atoms with Crippen molar-refractivity contribution in [3.05, 3.63) is 41.9 Å². The lowest BCUT2D eigenvalue weighted by atomic mass is 10.2. The van der Waals surface area contributed by atoms with E-state index in [4.69, 9.17) is 4.74 Å². The summed E-state index contributed by atoms with van der Waals surface area (Å²) >= 11 is 0. The number of aromatic nitrogens is 3. The molecule has 0 saturated carbocycles. The van der Waals surface area contributed by atoms with Crippen molar-refractivity contribution in [1.82, 2.24) is 25.0 Å². The summed E-state index contributed by atoms with van der Waals surface area (Å²) < 4.78 is 7.01. The van der Waals surface area contributed by atoms with Crippen LogP contribution in [0.3, 0.4) is 0 Å². The second-order valence-corrected chi connectivity index (χ2v) is 5.81. The molecule has 24 heavy (non-hydrogen) atoms. The molecule has 3 rings (SSSR count). The fourth-order valence-corrected chi connectivity index (χ4v) is 2.77. The lowest BCUT2D eigenvalue weighted by Gasteiger charge is -2.26. The first kappa shape index (κ1) is 16.6. The molecule has 0 spiro atoms. The normalized spacial score (nSPS) is 15.4. The van der Waals surface area contributed by atoms with Gasteiger partial charge in [-0.3, -0.25) is 9.69 Å². The highest BCUT2D eigenvalue weighted by Gasteiger charge is 2.15. The van der Waals surface area contributed by atoms with Crippen molar-refractivity contribution in [2.45, 2.75) is 13.3 Å². The molecular weight excluding hydrogens is 306 g/mol. The zero-order chi connectivity index (χ0) is 16.8. The molecule has 1 saturated heterocycles. The van der Waals surface area contributed by atoms with Crippen molar-refractivity contribution in [2.75, 3.05) is 39.4 Å². The predicted molar refractivity (Wildman–Crippen MR) is 90.3 cm³/mol. The summed E-state index contributed by atoms with van der Waals surface area (Å²) in [5, 5.41) is 7.25. The Labute approximate surface area is 141 Å². The van der Waals surface area contributed by atoms with Gasteiger partial charge >= 0.3 is 0 Å². The van der Waals surface area contributed by atoms with Gasteiger partial charge in [-0.25, -0.2) is 9.67 Å². The van der Waals surface area contributed by atoms with E-state index in [1.807, 2.05) is 25.1 Å². The summed E-state index contributed by atoms with van der Waals surface area (Å²) in [4.78, 5) is 19.0. The van der Waals surface area contributed by atoms with Gasteiger partial charge in [-0.05, 0) is 32.0 Å². The number of carbonyl (C=O) groups excluding carboxylic acids is 1. The Kier molecular flexibility index (Phi) is 5.55. The maximum Gasteiger partial charge on any atom is 0.254 e. The first-order chi connectivity index (χ1) is 11.8. The highest BCUT2D eigenvalue weighted by molar-refractivity contribution is 5.95. The van der Waals surface area contributed by atoms with Crippen molar-refractivity contribution in [3.63, 3.8) is 0 Å². The third kappa shape index (κ3) is 3.98. The van der Waals surface area contributed by atoms with Gasteiger partial charge in [0.1, 0.15) is 0 Å². The molecule has 0 unspecified atom stereocenters. The van der Waals surface area contributed by atoms with Gasteiger partial charge in [0.2, 0.25) is 0 Å². The number of pyridine rings is 1. The minimum atomic E-state index is -0.0864. The molecule has 0 radical (unpaired) electrons. The maximum atomic E-state index is 12.3. The Morgan fingerprint density at radius 1 is 1.33 bits per heavy atom. The molecule has 1 fully saturated rings. The number of carbonyl (C=O) groups is 1. The van der Waals surface area contributed by atoms with E-state index in [9.17, 15) is 4.79 Å². The summed E-state index contributed by atoms with van der Waals surface area (Å²) in [5.41, 5.74) is 1.38. The molecule has 0 aromatic carbocycles. The van der Waals surface area contributed by atoms with Crippen LogP contribution in [-0.2, 0) is 4.74 Å². The number of hydrogen-bond donors (Lipinski definition) is 1. The number of nitrogens with one attached hydrogen (secondary N) is 1. The number of hydrogen-bond acceptors (Lipinski definition) is 5. The van der Waals surface area contributed by atoms with Gasteiger partial charge in [0.15, 0.2) is 5.82 Å². The summed E-state index contributed by atoms with van der Waals surface area (Å²) in [6, 6.07) is 5.61. The number of amides is 1. The van der Waals surface area contributed by atoms with Gasteiger partial charge in [-0.1, -0.05) is 6.07 Å². The molecule has 0 aliphatic carbocycles. The lowest BCUT2D eigenvalue weighted by Crippen LogP contribution is -2.38. The average Bonchev–Trinajstić information content (AvgIpc) is 3.02. The van der Waals surface area contributed by atoms with Gasteiger partial charge in [0.05, 0.1) is 30.7 Å². The van der Waals surface area contributed by atoms with E-state index in [1.54, 1.807) is 17.1 Å². The first-order valence-corrected chi connectivity index (χ1v) is 8.30. The molecule has 7 heteroatoms. The summed E-state index contributed by atoms with van der Waals surface area (Å²) in [5.74, 6) is 0.623. The molecule has 1 N–H and O–H groups in total. The van der Waals surface area contributed by atoms with Crippen LogP contribution in [0.2, 0.25) is 0 Å². The van der Waals surface area contributed by atoms with E-state index in [0.717, 1.165) is 45.0 Å². The number of rotatable bonds is 6. The first-order valence-electron chi connectivity index (χ1n) is 8.30. The second kappa shape index (κ2) is 8.03. The molecule has 7 nitrogen and oxygen atoms in total. The predicted octanol–water partition coefficient (Wildman–Crippen LogP) is 1.03. The minimum absolute atomic E-state index is 0.0864. The van der Waals surface area contributed by atoms with Crippen LogP contribution in [0.1, 0.15) is 22.5 Å². The Bertz CT molecular complexity index is 665. The van der Waals surface area contributed by atoms with Crippen LogP contribution < -0.4 is 5.32 Å². The molecule has 2 aromatic rings. The maximum absolute atomic E-state index is 12.3. The van der Waals surface area contributed by atoms with E-state index < -0.39 is 0 Å². The largest absolute Gasteiger partial charge is 0.379 e. The monoisotopic (exact) mass is 329 g/mol. The quantitative estimate of drug-likeness (QED) is 0.802. The van der Waals surface area contributed by atoms with Crippen molar-refractivity contribution in [1.29, 1.82) is 0 Å². The molecule has 1 aliphatic rings. The molecule has 0 atom stereocenters. The zero-order valence-corrected chi connectivity index (χ0v) is 13.9. The summed E-state index contributed by atoms with van der Waals surface area (Å²) in [6.45, 7) is 7.08. The average molecular weight is 329 g/mol. The molecule has 2 aromatic heterocycles. The Hall–Kier alpha value is -2.25.